The summed E-state index contributed by atoms with van der Waals surface area (Å²) in [5.74, 6) is 0.435. The van der Waals surface area contributed by atoms with Crippen LogP contribution in [0.1, 0.15) is 67.2 Å². The molecule has 0 aliphatic carbocycles. The first kappa shape index (κ1) is 33.6. The molecule has 2 atom stereocenters. The van der Waals surface area contributed by atoms with E-state index in [4.69, 9.17) is 17.7 Å². The number of nitrogens with zero attached hydrogens (tertiary/aromatic N) is 1. The van der Waals surface area contributed by atoms with Crippen LogP contribution in [0.2, 0.25) is 25.2 Å². The zero-order chi connectivity index (χ0) is 26.2. The smallest absolute Gasteiger partial charge is 0.334 e. The fourth-order valence-electron chi connectivity index (χ4n) is 4.47. The largest absolute Gasteiger partial charge is 0.395 e. The minimum atomic E-state index is -2.16. The van der Waals surface area contributed by atoms with Crippen LogP contribution in [0.15, 0.2) is 0 Å². The second-order valence-electron chi connectivity index (χ2n) is 9.66. The summed E-state index contributed by atoms with van der Waals surface area (Å²) < 4.78 is 23.5. The maximum atomic E-state index is 12.7. The summed E-state index contributed by atoms with van der Waals surface area (Å²) in [4.78, 5) is 27.4. The first-order valence-corrected chi connectivity index (χ1v) is 18.3. The number of Topliss-reactive ketones (excluding diaryl/α,β-unsaturated/α-hetero) is 2. The van der Waals surface area contributed by atoms with Gasteiger partial charge >= 0.3 is 17.1 Å². The van der Waals surface area contributed by atoms with Gasteiger partial charge in [-0.15, -0.1) is 0 Å². The van der Waals surface area contributed by atoms with Crippen LogP contribution >= 0.6 is 0 Å². The molecule has 0 amide bonds. The number of ketones is 2. The van der Waals surface area contributed by atoms with E-state index in [1.54, 1.807) is 0 Å². The molecule has 7 nitrogen and oxygen atoms in total. The highest BCUT2D eigenvalue weighted by molar-refractivity contribution is 6.66. The second-order valence-corrected chi connectivity index (χ2v) is 16.4. The van der Waals surface area contributed by atoms with Crippen molar-refractivity contribution in [1.82, 2.24) is 4.90 Å². The van der Waals surface area contributed by atoms with Crippen molar-refractivity contribution in [3.63, 3.8) is 0 Å². The molecule has 0 spiro atoms. The third-order valence-electron chi connectivity index (χ3n) is 6.18. The Morgan fingerprint density at radius 1 is 0.676 bits per heavy atom. The van der Waals surface area contributed by atoms with Crippen LogP contribution in [-0.4, -0.2) is 80.2 Å². The van der Waals surface area contributed by atoms with Crippen LogP contribution in [0.25, 0.3) is 0 Å². The van der Waals surface area contributed by atoms with E-state index >= 15 is 0 Å². The van der Waals surface area contributed by atoms with Gasteiger partial charge in [-0.1, -0.05) is 13.8 Å². The fraction of sp³-hybridized carbons (Fsp3) is 0.920. The van der Waals surface area contributed by atoms with Crippen LogP contribution in [0.3, 0.4) is 0 Å². The van der Waals surface area contributed by atoms with Crippen LogP contribution in [0, 0.1) is 11.8 Å². The fourth-order valence-corrected chi connectivity index (χ4v) is 9.29. The van der Waals surface area contributed by atoms with E-state index in [1.165, 1.54) is 0 Å². The zero-order valence-electron chi connectivity index (χ0n) is 23.5. The molecule has 34 heavy (non-hydrogen) atoms. The Bertz CT molecular complexity index is 518. The number of carbonyl (C=O) groups is 2. The molecule has 0 saturated carbocycles. The summed E-state index contributed by atoms with van der Waals surface area (Å²) in [6, 6.07) is 1.67. The van der Waals surface area contributed by atoms with Crippen molar-refractivity contribution >= 4 is 28.7 Å². The van der Waals surface area contributed by atoms with Gasteiger partial charge in [-0.25, -0.2) is 0 Å². The molecule has 0 bridgehead atoms. The maximum absolute atomic E-state index is 12.7. The number of hydrogen-bond donors (Lipinski definition) is 0. The minimum absolute atomic E-state index is 0.0523. The summed E-state index contributed by atoms with van der Waals surface area (Å²) in [6.07, 6.45) is 2.70. The standard InChI is InChI=1S/C25H53NO6Si2/c1-10-29-33(8,30-11-2)18-14-16-24(27)22(5)20-26(7)21-23(6)25(28)17-15-19-34(9,31-12-3)32-13-4/h22-23H,10-21H2,1-9H3. The van der Waals surface area contributed by atoms with Gasteiger partial charge in [0.25, 0.3) is 0 Å². The number of rotatable bonds is 22. The quantitative estimate of drug-likeness (QED) is 0.182. The lowest BCUT2D eigenvalue weighted by Crippen LogP contribution is -2.39. The summed E-state index contributed by atoms with van der Waals surface area (Å²) in [7, 11) is -2.33. The van der Waals surface area contributed by atoms with E-state index in [2.05, 4.69) is 18.0 Å². The van der Waals surface area contributed by atoms with Crippen molar-refractivity contribution in [3.05, 3.63) is 0 Å². The summed E-state index contributed by atoms with van der Waals surface area (Å²) in [5.41, 5.74) is 0. The average molecular weight is 520 g/mol. The van der Waals surface area contributed by atoms with Gasteiger partial charge in [-0.2, -0.15) is 0 Å². The molecular formula is C25H53NO6Si2. The Kier molecular flexibility index (Phi) is 17.7. The van der Waals surface area contributed by atoms with E-state index < -0.39 is 17.1 Å². The van der Waals surface area contributed by atoms with E-state index in [0.717, 1.165) is 24.9 Å². The monoisotopic (exact) mass is 519 g/mol. The van der Waals surface area contributed by atoms with Crippen molar-refractivity contribution in [1.29, 1.82) is 0 Å². The van der Waals surface area contributed by atoms with Crippen molar-refractivity contribution in [2.24, 2.45) is 11.8 Å². The third-order valence-corrected chi connectivity index (χ3v) is 12.3. The molecule has 0 radical (unpaired) electrons. The summed E-state index contributed by atoms with van der Waals surface area (Å²) >= 11 is 0. The minimum Gasteiger partial charge on any atom is -0.395 e. The van der Waals surface area contributed by atoms with Crippen molar-refractivity contribution < 1.29 is 27.3 Å². The van der Waals surface area contributed by atoms with E-state index in [-0.39, 0.29) is 23.4 Å². The van der Waals surface area contributed by atoms with Gasteiger partial charge in [0.1, 0.15) is 11.6 Å². The van der Waals surface area contributed by atoms with Gasteiger partial charge in [-0.3, -0.25) is 9.59 Å². The van der Waals surface area contributed by atoms with Gasteiger partial charge in [0.05, 0.1) is 0 Å². The Morgan fingerprint density at radius 3 is 1.24 bits per heavy atom. The van der Waals surface area contributed by atoms with E-state index in [9.17, 15) is 9.59 Å². The summed E-state index contributed by atoms with van der Waals surface area (Å²) in [5, 5.41) is 0. The molecule has 2 unspecified atom stereocenters. The molecule has 0 aromatic heterocycles. The molecule has 9 heteroatoms. The Balaban J connectivity index is 4.41. The number of carbonyl (C=O) groups excluding carboxylic acids is 2. The molecule has 0 fully saturated rings. The highest BCUT2D eigenvalue weighted by Crippen LogP contribution is 2.20. The number of hydrogen-bond acceptors (Lipinski definition) is 7. The molecule has 0 N–H and O–H groups in total. The van der Waals surface area contributed by atoms with Crippen molar-refractivity contribution in [2.45, 2.75) is 92.4 Å². The van der Waals surface area contributed by atoms with Gasteiger partial charge in [0.15, 0.2) is 0 Å². The second kappa shape index (κ2) is 17.9. The maximum Gasteiger partial charge on any atom is 0.334 e. The lowest BCUT2D eigenvalue weighted by Gasteiger charge is -2.27. The molecule has 0 rings (SSSR count). The van der Waals surface area contributed by atoms with Crippen LogP contribution in [0.4, 0.5) is 0 Å². The van der Waals surface area contributed by atoms with Crippen molar-refractivity contribution in [2.75, 3.05) is 46.6 Å². The van der Waals surface area contributed by atoms with Gasteiger partial charge in [0, 0.05) is 64.2 Å². The molecular weight excluding hydrogens is 466 g/mol. The first-order chi connectivity index (χ1) is 16.0. The molecule has 0 saturated heterocycles. The van der Waals surface area contributed by atoms with E-state index in [0.29, 0.717) is 52.4 Å². The van der Waals surface area contributed by atoms with E-state index in [1.807, 2.05) is 48.6 Å². The predicted molar refractivity (Wildman–Crippen MR) is 144 cm³/mol. The molecule has 0 aliphatic rings. The normalized spacial score (nSPS) is 14.4. The highest BCUT2D eigenvalue weighted by Gasteiger charge is 2.31. The van der Waals surface area contributed by atoms with Crippen molar-refractivity contribution in [3.8, 4) is 0 Å². The molecule has 202 valence electrons. The third kappa shape index (κ3) is 14.2. The lowest BCUT2D eigenvalue weighted by molar-refractivity contribution is -0.123. The van der Waals surface area contributed by atoms with Crippen LogP contribution in [-0.2, 0) is 27.3 Å². The first-order valence-electron chi connectivity index (χ1n) is 13.3. The van der Waals surface area contributed by atoms with Gasteiger partial charge in [-0.05, 0) is 72.8 Å². The molecule has 0 aromatic carbocycles. The highest BCUT2D eigenvalue weighted by atomic mass is 28.4. The van der Waals surface area contributed by atoms with Crippen LogP contribution < -0.4 is 0 Å². The molecule has 0 aromatic rings. The Hall–Kier alpha value is -0.426. The SMILES string of the molecule is CCO[Si](C)(CCCC(=O)C(C)CN(C)CC(C)C(=O)CCC[Si](C)(OCC)OCC)OCC. The average Bonchev–Trinajstić information content (AvgIpc) is 2.73. The van der Waals surface area contributed by atoms with Crippen LogP contribution in [0.5, 0.6) is 0 Å². The van der Waals surface area contributed by atoms with Gasteiger partial charge in [0.2, 0.25) is 0 Å². The predicted octanol–water partition coefficient (Wildman–Crippen LogP) is 5.18. The van der Waals surface area contributed by atoms with Gasteiger partial charge < -0.3 is 22.6 Å². The molecule has 0 heterocycles. The lowest BCUT2D eigenvalue weighted by atomic mass is 9.99. The topological polar surface area (TPSA) is 74.3 Å². The Morgan fingerprint density at radius 2 is 0.971 bits per heavy atom. The summed E-state index contributed by atoms with van der Waals surface area (Å²) in [6.45, 7) is 20.0. The Labute approximate surface area is 211 Å². The molecule has 0 aliphatic heterocycles. The zero-order valence-corrected chi connectivity index (χ0v) is 25.5.